The van der Waals surface area contributed by atoms with E-state index in [0.717, 1.165) is 16.4 Å². The summed E-state index contributed by atoms with van der Waals surface area (Å²) in [5.41, 5.74) is 3.20. The number of anilines is 1. The van der Waals surface area contributed by atoms with Crippen LogP contribution in [0.1, 0.15) is 12.0 Å². The maximum Gasteiger partial charge on any atom is 0.305 e. The third-order valence-electron chi connectivity index (χ3n) is 2.47. The molecular formula is C13H14N2O2S. The molecule has 1 aromatic carbocycles. The third-order valence-corrected chi connectivity index (χ3v) is 3.27. The number of nitrogens with zero attached hydrogens (tertiary/aromatic N) is 1. The Balaban J connectivity index is 2.01. The average molecular weight is 262 g/mol. The molecule has 2 rings (SSSR count). The lowest BCUT2D eigenvalue weighted by Crippen LogP contribution is -2.07. The molecule has 0 aliphatic rings. The maximum absolute atomic E-state index is 10.4. The van der Waals surface area contributed by atoms with Crippen molar-refractivity contribution in [2.75, 3.05) is 11.9 Å². The molecule has 1 aromatic heterocycles. The van der Waals surface area contributed by atoms with Gasteiger partial charge in [0.15, 0.2) is 5.13 Å². The Kier molecular flexibility index (Phi) is 3.94. The molecule has 0 atom stereocenters. The van der Waals surface area contributed by atoms with Crippen molar-refractivity contribution in [1.29, 1.82) is 0 Å². The molecule has 0 aliphatic carbocycles. The highest BCUT2D eigenvalue weighted by Gasteiger charge is 2.04. The Morgan fingerprint density at radius 3 is 2.78 bits per heavy atom. The van der Waals surface area contributed by atoms with Crippen molar-refractivity contribution in [2.24, 2.45) is 0 Å². The molecule has 4 nitrogen and oxygen atoms in total. The highest BCUT2D eigenvalue weighted by molar-refractivity contribution is 7.14. The number of carboxylic acids is 1. The monoisotopic (exact) mass is 262 g/mol. The molecule has 0 amide bonds. The van der Waals surface area contributed by atoms with Crippen molar-refractivity contribution in [3.05, 3.63) is 35.2 Å². The van der Waals surface area contributed by atoms with Gasteiger partial charge in [0.2, 0.25) is 0 Å². The summed E-state index contributed by atoms with van der Waals surface area (Å²) >= 11 is 1.49. The number of aliphatic carboxylic acids is 1. The van der Waals surface area contributed by atoms with Gasteiger partial charge in [0.1, 0.15) is 0 Å². The SMILES string of the molecule is Cc1ccc(-c2csc(NCCC(=O)O)n2)cc1. The second-order valence-corrected chi connectivity index (χ2v) is 4.83. The first kappa shape index (κ1) is 12.6. The van der Waals surface area contributed by atoms with E-state index in [9.17, 15) is 4.79 Å². The number of carbonyl (C=O) groups is 1. The van der Waals surface area contributed by atoms with Gasteiger partial charge in [0, 0.05) is 17.5 Å². The second-order valence-electron chi connectivity index (χ2n) is 3.97. The first-order valence-corrected chi connectivity index (χ1v) is 6.51. The molecular weight excluding hydrogens is 248 g/mol. The van der Waals surface area contributed by atoms with Crippen molar-refractivity contribution < 1.29 is 9.90 Å². The van der Waals surface area contributed by atoms with Gasteiger partial charge in [-0.2, -0.15) is 0 Å². The smallest absolute Gasteiger partial charge is 0.305 e. The van der Waals surface area contributed by atoms with E-state index in [1.54, 1.807) is 0 Å². The fraction of sp³-hybridized carbons (Fsp3) is 0.231. The zero-order valence-electron chi connectivity index (χ0n) is 10.0. The molecule has 0 saturated heterocycles. The molecule has 0 radical (unpaired) electrons. The van der Waals surface area contributed by atoms with E-state index in [2.05, 4.69) is 10.3 Å². The zero-order chi connectivity index (χ0) is 13.0. The van der Waals surface area contributed by atoms with Gasteiger partial charge in [-0.25, -0.2) is 4.98 Å². The van der Waals surface area contributed by atoms with Crippen molar-refractivity contribution in [3.8, 4) is 11.3 Å². The highest BCUT2D eigenvalue weighted by atomic mass is 32.1. The second kappa shape index (κ2) is 5.64. The quantitative estimate of drug-likeness (QED) is 0.869. The van der Waals surface area contributed by atoms with Crippen LogP contribution in [0, 0.1) is 6.92 Å². The minimum absolute atomic E-state index is 0.0967. The minimum Gasteiger partial charge on any atom is -0.481 e. The molecule has 0 saturated carbocycles. The lowest BCUT2D eigenvalue weighted by atomic mass is 10.1. The molecule has 0 spiro atoms. The number of carboxylic acid groups (broad SMARTS) is 1. The number of hydrogen-bond acceptors (Lipinski definition) is 4. The Morgan fingerprint density at radius 2 is 2.11 bits per heavy atom. The predicted octanol–water partition coefficient (Wildman–Crippen LogP) is 3.01. The van der Waals surface area contributed by atoms with E-state index in [1.165, 1.54) is 16.9 Å². The van der Waals surface area contributed by atoms with Crippen LogP contribution in [0.25, 0.3) is 11.3 Å². The predicted molar refractivity (Wildman–Crippen MR) is 73.0 cm³/mol. The first-order valence-electron chi connectivity index (χ1n) is 5.63. The molecule has 94 valence electrons. The summed E-state index contributed by atoms with van der Waals surface area (Å²) in [6.45, 7) is 2.44. The maximum atomic E-state index is 10.4. The Hall–Kier alpha value is -1.88. The summed E-state index contributed by atoms with van der Waals surface area (Å²) in [5, 5.41) is 14.3. The van der Waals surface area contributed by atoms with Crippen LogP contribution in [0.5, 0.6) is 0 Å². The molecule has 0 bridgehead atoms. The number of hydrogen-bond donors (Lipinski definition) is 2. The fourth-order valence-corrected chi connectivity index (χ4v) is 2.24. The van der Waals surface area contributed by atoms with E-state index in [-0.39, 0.29) is 6.42 Å². The number of thiazole rings is 1. The molecule has 18 heavy (non-hydrogen) atoms. The molecule has 2 N–H and O–H groups in total. The van der Waals surface area contributed by atoms with Crippen LogP contribution in [-0.4, -0.2) is 22.6 Å². The molecule has 0 aliphatic heterocycles. The zero-order valence-corrected chi connectivity index (χ0v) is 10.8. The summed E-state index contributed by atoms with van der Waals surface area (Å²) < 4.78 is 0. The van der Waals surface area contributed by atoms with Gasteiger partial charge in [-0.3, -0.25) is 4.79 Å². The van der Waals surface area contributed by atoms with Crippen molar-refractivity contribution >= 4 is 22.4 Å². The van der Waals surface area contributed by atoms with Gasteiger partial charge >= 0.3 is 5.97 Å². The van der Waals surface area contributed by atoms with Crippen LogP contribution < -0.4 is 5.32 Å². The Labute approximate surface area is 109 Å². The minimum atomic E-state index is -0.808. The van der Waals surface area contributed by atoms with Crippen LogP contribution >= 0.6 is 11.3 Å². The summed E-state index contributed by atoms with van der Waals surface area (Å²) in [6.07, 6.45) is 0.0967. The van der Waals surface area contributed by atoms with Crippen LogP contribution in [0.3, 0.4) is 0 Å². The van der Waals surface area contributed by atoms with E-state index in [1.807, 2.05) is 36.6 Å². The largest absolute Gasteiger partial charge is 0.481 e. The Morgan fingerprint density at radius 1 is 1.39 bits per heavy atom. The van der Waals surface area contributed by atoms with Crippen LogP contribution in [0.2, 0.25) is 0 Å². The molecule has 0 fully saturated rings. The topological polar surface area (TPSA) is 62.2 Å². The lowest BCUT2D eigenvalue weighted by molar-refractivity contribution is -0.136. The van der Waals surface area contributed by atoms with Crippen molar-refractivity contribution in [2.45, 2.75) is 13.3 Å². The summed E-state index contributed by atoms with van der Waals surface area (Å²) in [4.78, 5) is 14.8. The van der Waals surface area contributed by atoms with Gasteiger partial charge in [-0.15, -0.1) is 11.3 Å². The summed E-state index contributed by atoms with van der Waals surface area (Å²) in [6, 6.07) is 8.16. The Bertz CT molecular complexity index is 534. The van der Waals surface area contributed by atoms with Crippen molar-refractivity contribution in [3.63, 3.8) is 0 Å². The fourth-order valence-electron chi connectivity index (χ4n) is 1.49. The molecule has 1 heterocycles. The summed E-state index contributed by atoms with van der Waals surface area (Å²) in [5.74, 6) is -0.808. The van der Waals surface area contributed by atoms with E-state index < -0.39 is 5.97 Å². The summed E-state index contributed by atoms with van der Waals surface area (Å²) in [7, 11) is 0. The number of nitrogens with one attached hydrogen (secondary N) is 1. The van der Waals surface area contributed by atoms with Crippen LogP contribution in [-0.2, 0) is 4.79 Å². The molecule has 2 aromatic rings. The number of aryl methyl sites for hydroxylation is 1. The van der Waals surface area contributed by atoms with E-state index in [0.29, 0.717) is 6.54 Å². The molecule has 0 unspecified atom stereocenters. The van der Waals surface area contributed by atoms with Gasteiger partial charge in [0.05, 0.1) is 12.1 Å². The van der Waals surface area contributed by atoms with Crippen LogP contribution in [0.15, 0.2) is 29.6 Å². The highest BCUT2D eigenvalue weighted by Crippen LogP contribution is 2.24. The van der Waals surface area contributed by atoms with Crippen LogP contribution in [0.4, 0.5) is 5.13 Å². The first-order chi connectivity index (χ1) is 8.65. The van der Waals surface area contributed by atoms with Crippen molar-refractivity contribution in [1.82, 2.24) is 4.98 Å². The third kappa shape index (κ3) is 3.30. The van der Waals surface area contributed by atoms with Gasteiger partial charge in [-0.1, -0.05) is 29.8 Å². The van der Waals surface area contributed by atoms with E-state index in [4.69, 9.17) is 5.11 Å². The number of aromatic nitrogens is 1. The lowest BCUT2D eigenvalue weighted by Gasteiger charge is -1.99. The standard InChI is InChI=1S/C13H14N2O2S/c1-9-2-4-10(5-3-9)11-8-18-13(15-11)14-7-6-12(16)17/h2-5,8H,6-7H2,1H3,(H,14,15)(H,16,17). The van der Waals surface area contributed by atoms with Gasteiger partial charge in [0.25, 0.3) is 0 Å². The van der Waals surface area contributed by atoms with Gasteiger partial charge < -0.3 is 10.4 Å². The van der Waals surface area contributed by atoms with Gasteiger partial charge in [-0.05, 0) is 6.92 Å². The molecule has 5 heteroatoms. The number of benzene rings is 1. The average Bonchev–Trinajstić information content (AvgIpc) is 2.78. The normalized spacial score (nSPS) is 10.3. The number of rotatable bonds is 5. The van der Waals surface area contributed by atoms with E-state index >= 15 is 0 Å².